The van der Waals surface area contributed by atoms with Gasteiger partial charge in [0.05, 0.1) is 0 Å². The normalized spacial score (nSPS) is 13.3. The van der Waals surface area contributed by atoms with Gasteiger partial charge in [-0.25, -0.2) is 0 Å². The molecule has 0 rings (SSSR count). The Morgan fingerprint density at radius 1 is 1.42 bits per heavy atom. The molecule has 0 aromatic carbocycles. The number of rotatable bonds is 7. The number of nitrogens with one attached hydrogen (secondary N) is 1. The van der Waals surface area contributed by atoms with Gasteiger partial charge in [-0.2, -0.15) is 11.8 Å². The second-order valence-electron chi connectivity index (χ2n) is 3.44. The Balaban J connectivity index is 3.37. The SMILES string of the molecule is C=CCC(CSCC(C)C)NC. The first kappa shape index (κ1) is 12.0. The summed E-state index contributed by atoms with van der Waals surface area (Å²) in [4.78, 5) is 0. The van der Waals surface area contributed by atoms with Gasteiger partial charge in [0.15, 0.2) is 0 Å². The molecular formula is C10H21NS. The molecule has 0 fully saturated rings. The smallest absolute Gasteiger partial charge is 0.0189 e. The van der Waals surface area contributed by atoms with Crippen molar-refractivity contribution in [2.24, 2.45) is 5.92 Å². The third kappa shape index (κ3) is 6.74. The molecule has 0 amide bonds. The molecule has 0 saturated carbocycles. The summed E-state index contributed by atoms with van der Waals surface area (Å²) in [6, 6.07) is 0.603. The van der Waals surface area contributed by atoms with Crippen LogP contribution in [0.3, 0.4) is 0 Å². The minimum Gasteiger partial charge on any atom is -0.316 e. The van der Waals surface area contributed by atoms with E-state index in [1.54, 1.807) is 0 Å². The summed E-state index contributed by atoms with van der Waals surface area (Å²) in [6.07, 6.45) is 3.05. The van der Waals surface area contributed by atoms with Crippen LogP contribution in [0.5, 0.6) is 0 Å². The molecule has 0 aromatic heterocycles. The largest absolute Gasteiger partial charge is 0.316 e. The molecule has 1 N–H and O–H groups in total. The highest BCUT2D eigenvalue weighted by molar-refractivity contribution is 7.99. The molecule has 0 heterocycles. The van der Waals surface area contributed by atoms with Crippen molar-refractivity contribution in [1.82, 2.24) is 5.32 Å². The van der Waals surface area contributed by atoms with Crippen molar-refractivity contribution in [1.29, 1.82) is 0 Å². The second kappa shape index (κ2) is 7.69. The quantitative estimate of drug-likeness (QED) is 0.615. The van der Waals surface area contributed by atoms with Crippen molar-refractivity contribution < 1.29 is 0 Å². The predicted molar refractivity (Wildman–Crippen MR) is 59.8 cm³/mol. The van der Waals surface area contributed by atoms with Gasteiger partial charge in [0.1, 0.15) is 0 Å². The lowest BCUT2D eigenvalue weighted by atomic mass is 10.2. The molecule has 0 saturated heterocycles. The van der Waals surface area contributed by atoms with Crippen LogP contribution in [0.2, 0.25) is 0 Å². The molecular weight excluding hydrogens is 166 g/mol. The fraction of sp³-hybridized carbons (Fsp3) is 0.800. The van der Waals surface area contributed by atoms with Crippen LogP contribution in [0.1, 0.15) is 20.3 Å². The van der Waals surface area contributed by atoms with Gasteiger partial charge >= 0.3 is 0 Å². The molecule has 0 spiro atoms. The van der Waals surface area contributed by atoms with E-state index in [0.717, 1.165) is 12.3 Å². The van der Waals surface area contributed by atoms with Gasteiger partial charge in [0.2, 0.25) is 0 Å². The van der Waals surface area contributed by atoms with Crippen LogP contribution in [-0.4, -0.2) is 24.6 Å². The molecule has 0 bridgehead atoms. The standard InChI is InChI=1S/C10H21NS/c1-5-6-10(11-4)8-12-7-9(2)3/h5,9-11H,1,6-8H2,2-4H3. The highest BCUT2D eigenvalue weighted by atomic mass is 32.2. The Bertz CT molecular complexity index is 112. The lowest BCUT2D eigenvalue weighted by molar-refractivity contribution is 0.627. The molecule has 1 atom stereocenters. The first-order valence-corrected chi connectivity index (χ1v) is 5.72. The van der Waals surface area contributed by atoms with Gasteiger partial charge < -0.3 is 5.32 Å². The lowest BCUT2D eigenvalue weighted by Gasteiger charge is -2.13. The number of thioether (sulfide) groups is 1. The van der Waals surface area contributed by atoms with Crippen LogP contribution < -0.4 is 5.32 Å². The summed E-state index contributed by atoms with van der Waals surface area (Å²) in [5.74, 6) is 3.26. The van der Waals surface area contributed by atoms with E-state index >= 15 is 0 Å². The lowest BCUT2D eigenvalue weighted by Crippen LogP contribution is -2.27. The maximum Gasteiger partial charge on any atom is 0.0189 e. The third-order valence-corrected chi connectivity index (χ3v) is 3.17. The van der Waals surface area contributed by atoms with Crippen LogP contribution in [0.4, 0.5) is 0 Å². The highest BCUT2D eigenvalue weighted by Gasteiger charge is 2.03. The average molecular weight is 187 g/mol. The summed E-state index contributed by atoms with van der Waals surface area (Å²) in [5.41, 5.74) is 0. The Hall–Kier alpha value is 0.0500. The molecule has 0 aliphatic heterocycles. The van der Waals surface area contributed by atoms with E-state index in [-0.39, 0.29) is 0 Å². The zero-order valence-corrected chi connectivity index (χ0v) is 9.29. The monoisotopic (exact) mass is 187 g/mol. The van der Waals surface area contributed by atoms with Crippen molar-refractivity contribution in [3.8, 4) is 0 Å². The van der Waals surface area contributed by atoms with Crippen molar-refractivity contribution >= 4 is 11.8 Å². The minimum atomic E-state index is 0.603. The molecule has 1 nitrogen and oxygen atoms in total. The predicted octanol–water partition coefficient (Wildman–Crippen LogP) is 2.54. The zero-order valence-electron chi connectivity index (χ0n) is 8.47. The van der Waals surface area contributed by atoms with Crippen LogP contribution in [-0.2, 0) is 0 Å². The van der Waals surface area contributed by atoms with E-state index in [1.807, 2.05) is 24.9 Å². The van der Waals surface area contributed by atoms with Crippen LogP contribution in [0.25, 0.3) is 0 Å². The van der Waals surface area contributed by atoms with Gasteiger partial charge in [-0.3, -0.25) is 0 Å². The van der Waals surface area contributed by atoms with Crippen LogP contribution in [0.15, 0.2) is 12.7 Å². The van der Waals surface area contributed by atoms with Crippen LogP contribution >= 0.6 is 11.8 Å². The highest BCUT2D eigenvalue weighted by Crippen LogP contribution is 2.10. The first-order chi connectivity index (χ1) is 5.70. The maximum absolute atomic E-state index is 3.74. The summed E-state index contributed by atoms with van der Waals surface area (Å²) < 4.78 is 0. The van der Waals surface area contributed by atoms with Crippen LogP contribution in [0, 0.1) is 5.92 Å². The fourth-order valence-electron chi connectivity index (χ4n) is 0.916. The zero-order chi connectivity index (χ0) is 9.40. The Labute approximate surface area is 81.0 Å². The van der Waals surface area contributed by atoms with E-state index in [1.165, 1.54) is 11.5 Å². The summed E-state index contributed by atoms with van der Waals surface area (Å²) >= 11 is 2.02. The summed E-state index contributed by atoms with van der Waals surface area (Å²) in [7, 11) is 2.02. The van der Waals surface area contributed by atoms with Gasteiger partial charge in [-0.1, -0.05) is 19.9 Å². The van der Waals surface area contributed by atoms with E-state index < -0.39 is 0 Å². The Kier molecular flexibility index (Phi) is 7.72. The number of hydrogen-bond acceptors (Lipinski definition) is 2. The van der Waals surface area contributed by atoms with E-state index in [0.29, 0.717) is 6.04 Å². The summed E-state index contributed by atoms with van der Waals surface area (Å²) in [6.45, 7) is 8.26. The maximum atomic E-state index is 3.74. The van der Waals surface area contributed by atoms with E-state index in [9.17, 15) is 0 Å². The molecule has 0 aliphatic carbocycles. The summed E-state index contributed by atoms with van der Waals surface area (Å²) in [5, 5.41) is 3.28. The van der Waals surface area contributed by atoms with Gasteiger partial charge in [-0.05, 0) is 25.1 Å². The van der Waals surface area contributed by atoms with E-state index in [2.05, 4.69) is 25.7 Å². The second-order valence-corrected chi connectivity index (χ2v) is 4.52. The molecule has 72 valence electrons. The molecule has 0 aromatic rings. The average Bonchev–Trinajstić information content (AvgIpc) is 2.02. The Morgan fingerprint density at radius 2 is 2.08 bits per heavy atom. The van der Waals surface area contributed by atoms with Crippen molar-refractivity contribution in [3.63, 3.8) is 0 Å². The molecule has 2 heteroatoms. The Morgan fingerprint density at radius 3 is 2.50 bits per heavy atom. The van der Waals surface area contributed by atoms with Crippen molar-refractivity contribution in [2.45, 2.75) is 26.3 Å². The number of hydrogen-bond donors (Lipinski definition) is 1. The van der Waals surface area contributed by atoms with Gasteiger partial charge in [-0.15, -0.1) is 6.58 Å². The van der Waals surface area contributed by atoms with E-state index in [4.69, 9.17) is 0 Å². The first-order valence-electron chi connectivity index (χ1n) is 4.56. The fourth-order valence-corrected chi connectivity index (χ4v) is 2.11. The molecule has 1 unspecified atom stereocenters. The molecule has 0 radical (unpaired) electrons. The minimum absolute atomic E-state index is 0.603. The van der Waals surface area contributed by atoms with Gasteiger partial charge in [0, 0.05) is 11.8 Å². The van der Waals surface area contributed by atoms with Gasteiger partial charge in [0.25, 0.3) is 0 Å². The molecule has 12 heavy (non-hydrogen) atoms. The van der Waals surface area contributed by atoms with Crippen molar-refractivity contribution in [3.05, 3.63) is 12.7 Å². The van der Waals surface area contributed by atoms with Crippen molar-refractivity contribution in [2.75, 3.05) is 18.6 Å². The topological polar surface area (TPSA) is 12.0 Å². The third-order valence-electron chi connectivity index (χ3n) is 1.63. The molecule has 0 aliphatic rings.